The van der Waals surface area contributed by atoms with Crippen molar-refractivity contribution in [1.29, 1.82) is 0 Å². The van der Waals surface area contributed by atoms with Crippen LogP contribution >= 0.6 is 11.6 Å². The Hall–Kier alpha value is -2.60. The number of halogens is 1. The molecule has 2 heterocycles. The number of rotatable bonds is 4. The second kappa shape index (κ2) is 8.67. The van der Waals surface area contributed by atoms with Crippen LogP contribution in [0.2, 0.25) is 5.15 Å². The molecule has 0 atom stereocenters. The van der Waals surface area contributed by atoms with Crippen LogP contribution in [0.1, 0.15) is 15.9 Å². The molecule has 1 aromatic carbocycles. The predicted molar refractivity (Wildman–Crippen MR) is 100 cm³/mol. The third-order valence-electron chi connectivity index (χ3n) is 4.36. The van der Waals surface area contributed by atoms with Gasteiger partial charge in [-0.05, 0) is 24.1 Å². The number of hydrogen-bond acceptors (Lipinski definition) is 3. The molecular formula is C19H21ClN4O2. The molecule has 1 fully saturated rings. The van der Waals surface area contributed by atoms with E-state index < -0.39 is 0 Å². The third-order valence-corrected chi connectivity index (χ3v) is 4.58. The van der Waals surface area contributed by atoms with Gasteiger partial charge in [-0.25, -0.2) is 9.78 Å². The number of benzene rings is 1. The van der Waals surface area contributed by atoms with E-state index >= 15 is 0 Å². The fourth-order valence-electron chi connectivity index (χ4n) is 2.87. The molecule has 0 spiro atoms. The molecule has 6 nitrogen and oxygen atoms in total. The number of aromatic nitrogens is 1. The summed E-state index contributed by atoms with van der Waals surface area (Å²) >= 11 is 5.75. The van der Waals surface area contributed by atoms with Gasteiger partial charge in [-0.1, -0.05) is 41.9 Å². The Balaban J connectivity index is 1.43. The van der Waals surface area contributed by atoms with Crippen LogP contribution in [0.15, 0.2) is 48.7 Å². The Morgan fingerprint density at radius 2 is 1.69 bits per heavy atom. The molecule has 0 radical (unpaired) electrons. The van der Waals surface area contributed by atoms with Crippen molar-refractivity contribution in [2.75, 3.05) is 32.7 Å². The summed E-state index contributed by atoms with van der Waals surface area (Å²) in [6, 6.07) is 13.2. The van der Waals surface area contributed by atoms with Crippen molar-refractivity contribution in [2.45, 2.75) is 6.42 Å². The lowest BCUT2D eigenvalue weighted by molar-refractivity contribution is 0.0665. The first-order valence-electron chi connectivity index (χ1n) is 8.61. The van der Waals surface area contributed by atoms with Crippen molar-refractivity contribution in [3.8, 4) is 0 Å². The molecule has 136 valence electrons. The molecule has 1 aliphatic rings. The summed E-state index contributed by atoms with van der Waals surface area (Å²) < 4.78 is 0. The van der Waals surface area contributed by atoms with Gasteiger partial charge in [0.1, 0.15) is 5.15 Å². The first kappa shape index (κ1) is 18.2. The summed E-state index contributed by atoms with van der Waals surface area (Å²) in [4.78, 5) is 32.1. The summed E-state index contributed by atoms with van der Waals surface area (Å²) in [6.07, 6.45) is 2.28. The molecule has 3 amide bonds. The lowest BCUT2D eigenvalue weighted by Crippen LogP contribution is -2.53. The third kappa shape index (κ3) is 4.73. The zero-order valence-corrected chi connectivity index (χ0v) is 15.2. The molecule has 1 aromatic heterocycles. The highest BCUT2D eigenvalue weighted by Gasteiger charge is 2.24. The molecule has 26 heavy (non-hydrogen) atoms. The van der Waals surface area contributed by atoms with Crippen molar-refractivity contribution in [3.63, 3.8) is 0 Å². The number of nitrogens with one attached hydrogen (secondary N) is 1. The van der Waals surface area contributed by atoms with E-state index in [0.29, 0.717) is 43.4 Å². The average Bonchev–Trinajstić information content (AvgIpc) is 2.69. The standard InChI is InChI=1S/C19H21ClN4O2/c20-17-7-6-16(14-22-17)18(25)23-10-12-24(13-11-23)19(26)21-9-8-15-4-2-1-3-5-15/h1-7,14H,8-13H2,(H,21,26). The van der Waals surface area contributed by atoms with Gasteiger partial charge in [-0.3, -0.25) is 4.79 Å². The second-order valence-corrected chi connectivity index (χ2v) is 6.50. The number of amides is 3. The van der Waals surface area contributed by atoms with Crippen LogP contribution in [0.5, 0.6) is 0 Å². The van der Waals surface area contributed by atoms with E-state index in [-0.39, 0.29) is 11.9 Å². The zero-order chi connectivity index (χ0) is 18.4. The van der Waals surface area contributed by atoms with Crippen LogP contribution in [-0.2, 0) is 6.42 Å². The molecule has 2 aromatic rings. The molecule has 7 heteroatoms. The number of piperazine rings is 1. The Labute approximate surface area is 157 Å². The molecular weight excluding hydrogens is 352 g/mol. The Morgan fingerprint density at radius 1 is 1.00 bits per heavy atom. The molecule has 0 unspecified atom stereocenters. The van der Waals surface area contributed by atoms with Gasteiger partial charge >= 0.3 is 6.03 Å². The van der Waals surface area contributed by atoms with Crippen molar-refractivity contribution < 1.29 is 9.59 Å². The zero-order valence-electron chi connectivity index (χ0n) is 14.4. The van der Waals surface area contributed by atoms with Gasteiger partial charge in [-0.2, -0.15) is 0 Å². The smallest absolute Gasteiger partial charge is 0.317 e. The van der Waals surface area contributed by atoms with Gasteiger partial charge in [0.15, 0.2) is 0 Å². The van der Waals surface area contributed by atoms with Crippen molar-refractivity contribution in [1.82, 2.24) is 20.1 Å². The average molecular weight is 373 g/mol. The highest BCUT2D eigenvalue weighted by molar-refractivity contribution is 6.29. The SMILES string of the molecule is O=C(NCCc1ccccc1)N1CCN(C(=O)c2ccc(Cl)nc2)CC1. The first-order chi connectivity index (χ1) is 12.6. The maximum Gasteiger partial charge on any atom is 0.317 e. The van der Waals surface area contributed by atoms with Crippen molar-refractivity contribution >= 4 is 23.5 Å². The highest BCUT2D eigenvalue weighted by Crippen LogP contribution is 2.11. The van der Waals surface area contributed by atoms with E-state index in [0.717, 1.165) is 6.42 Å². The fraction of sp³-hybridized carbons (Fsp3) is 0.316. The van der Waals surface area contributed by atoms with E-state index in [2.05, 4.69) is 10.3 Å². The van der Waals surface area contributed by atoms with Gasteiger partial charge in [-0.15, -0.1) is 0 Å². The minimum Gasteiger partial charge on any atom is -0.338 e. The van der Waals surface area contributed by atoms with Gasteiger partial charge < -0.3 is 15.1 Å². The highest BCUT2D eigenvalue weighted by atomic mass is 35.5. The molecule has 1 N–H and O–H groups in total. The number of carbonyl (C=O) groups is 2. The summed E-state index contributed by atoms with van der Waals surface area (Å²) in [6.45, 7) is 2.65. The first-order valence-corrected chi connectivity index (χ1v) is 8.99. The summed E-state index contributed by atoms with van der Waals surface area (Å²) in [5, 5.41) is 3.30. The van der Waals surface area contributed by atoms with Crippen molar-refractivity contribution in [2.24, 2.45) is 0 Å². The van der Waals surface area contributed by atoms with Crippen LogP contribution in [0.3, 0.4) is 0 Å². The topological polar surface area (TPSA) is 65.5 Å². The number of carbonyl (C=O) groups excluding carboxylic acids is 2. The van der Waals surface area contributed by atoms with Gasteiger partial charge in [0.05, 0.1) is 5.56 Å². The minimum absolute atomic E-state index is 0.0822. The van der Waals surface area contributed by atoms with Gasteiger partial charge in [0.2, 0.25) is 0 Å². The number of urea groups is 1. The summed E-state index contributed by atoms with van der Waals surface area (Å²) in [5.41, 5.74) is 1.70. The minimum atomic E-state index is -0.0849. The predicted octanol–water partition coefficient (Wildman–Crippen LogP) is 2.45. The van der Waals surface area contributed by atoms with Crippen LogP contribution in [0.25, 0.3) is 0 Å². The van der Waals surface area contributed by atoms with E-state index in [1.165, 1.54) is 11.8 Å². The Morgan fingerprint density at radius 3 is 2.35 bits per heavy atom. The molecule has 0 aliphatic carbocycles. The quantitative estimate of drug-likeness (QED) is 0.838. The lowest BCUT2D eigenvalue weighted by atomic mass is 10.1. The Bertz CT molecular complexity index is 744. The van der Waals surface area contributed by atoms with Crippen LogP contribution in [0, 0.1) is 0 Å². The largest absolute Gasteiger partial charge is 0.338 e. The van der Waals surface area contributed by atoms with Gasteiger partial charge in [0.25, 0.3) is 5.91 Å². The van der Waals surface area contributed by atoms with Crippen LogP contribution in [-0.4, -0.2) is 59.4 Å². The van der Waals surface area contributed by atoms with E-state index in [1.54, 1.807) is 21.9 Å². The fourth-order valence-corrected chi connectivity index (χ4v) is 2.98. The Kier molecular flexibility index (Phi) is 6.07. The van der Waals surface area contributed by atoms with Crippen LogP contribution in [0.4, 0.5) is 4.79 Å². The second-order valence-electron chi connectivity index (χ2n) is 6.12. The van der Waals surface area contributed by atoms with E-state index in [9.17, 15) is 9.59 Å². The number of pyridine rings is 1. The molecule has 0 bridgehead atoms. The number of nitrogens with zero attached hydrogens (tertiary/aromatic N) is 3. The van der Waals surface area contributed by atoms with Gasteiger partial charge in [0, 0.05) is 38.9 Å². The van der Waals surface area contributed by atoms with Crippen molar-refractivity contribution in [3.05, 3.63) is 64.9 Å². The van der Waals surface area contributed by atoms with E-state index in [1.807, 2.05) is 30.3 Å². The monoisotopic (exact) mass is 372 g/mol. The van der Waals surface area contributed by atoms with Crippen LogP contribution < -0.4 is 5.32 Å². The molecule has 0 saturated carbocycles. The number of hydrogen-bond donors (Lipinski definition) is 1. The maximum atomic E-state index is 12.4. The summed E-state index contributed by atoms with van der Waals surface area (Å²) in [7, 11) is 0. The normalized spacial score (nSPS) is 14.2. The maximum absolute atomic E-state index is 12.4. The lowest BCUT2D eigenvalue weighted by Gasteiger charge is -2.34. The van der Waals surface area contributed by atoms with E-state index in [4.69, 9.17) is 11.6 Å². The molecule has 3 rings (SSSR count). The molecule has 1 aliphatic heterocycles. The summed E-state index contributed by atoms with van der Waals surface area (Å²) in [5.74, 6) is -0.0849. The molecule has 1 saturated heterocycles.